The molecule has 0 spiro atoms. The van der Waals surface area contributed by atoms with E-state index in [0.717, 1.165) is 59.9 Å². The smallest absolute Gasteiger partial charge is 0.336 e. The number of hydrogen-bond donors (Lipinski definition) is 1. The fraction of sp³-hybridized carbons (Fsp3) is 0.353. The van der Waals surface area contributed by atoms with Gasteiger partial charge >= 0.3 is 6.03 Å². The van der Waals surface area contributed by atoms with E-state index in [1.807, 2.05) is 52.0 Å². The van der Waals surface area contributed by atoms with Crippen molar-refractivity contribution in [3.8, 4) is 11.5 Å². The maximum absolute atomic E-state index is 14.3. The Morgan fingerprint density at radius 1 is 0.933 bits per heavy atom. The number of aryl methyl sites for hydroxylation is 2. The van der Waals surface area contributed by atoms with E-state index in [4.69, 9.17) is 14.5 Å². The number of amides is 2. The minimum absolute atomic E-state index is 0.0251. The number of fused-ring (bicyclic) bond motifs is 1. The monoisotopic (exact) mass is 608 g/mol. The SMILES string of the molecule is COc1ccc(N2C(=O)N(c3c(C)cccc3C)Cc3cnc(Nc4ccc(N5CCN(C)CC5)cc4OC(C)C)nc32)nc1. The van der Waals surface area contributed by atoms with Crippen molar-refractivity contribution in [3.63, 3.8) is 0 Å². The van der Waals surface area contributed by atoms with Crippen LogP contribution in [0.2, 0.25) is 0 Å². The number of carbonyl (C=O) groups is 1. The Labute approximate surface area is 264 Å². The molecule has 0 radical (unpaired) electrons. The summed E-state index contributed by atoms with van der Waals surface area (Å²) in [5, 5.41) is 3.37. The number of benzene rings is 2. The Bertz CT molecular complexity index is 1670. The second-order valence-corrected chi connectivity index (χ2v) is 11.8. The number of piperazine rings is 1. The molecule has 6 rings (SSSR count). The summed E-state index contributed by atoms with van der Waals surface area (Å²) in [6.45, 7) is 12.3. The van der Waals surface area contributed by atoms with Crippen LogP contribution < -0.4 is 29.5 Å². The third-order valence-electron chi connectivity index (χ3n) is 8.14. The van der Waals surface area contributed by atoms with Crippen LogP contribution in [0.3, 0.4) is 0 Å². The molecule has 11 heteroatoms. The molecule has 4 heterocycles. The van der Waals surface area contributed by atoms with E-state index >= 15 is 0 Å². The highest BCUT2D eigenvalue weighted by atomic mass is 16.5. The molecule has 2 aromatic heterocycles. The van der Waals surface area contributed by atoms with Gasteiger partial charge in [-0.1, -0.05) is 18.2 Å². The molecule has 11 nitrogen and oxygen atoms in total. The maximum atomic E-state index is 14.3. The molecule has 1 saturated heterocycles. The zero-order valence-electron chi connectivity index (χ0n) is 26.7. The van der Waals surface area contributed by atoms with Gasteiger partial charge in [0.15, 0.2) is 5.82 Å². The van der Waals surface area contributed by atoms with Crippen molar-refractivity contribution in [2.75, 3.05) is 60.4 Å². The van der Waals surface area contributed by atoms with Crippen LogP contribution in [0.15, 0.2) is 60.9 Å². The molecule has 1 N–H and O–H groups in total. The molecule has 2 amide bonds. The van der Waals surface area contributed by atoms with Crippen LogP contribution in [0.1, 0.15) is 30.5 Å². The van der Waals surface area contributed by atoms with Gasteiger partial charge < -0.3 is 24.6 Å². The summed E-state index contributed by atoms with van der Waals surface area (Å²) in [7, 11) is 3.73. The highest BCUT2D eigenvalue weighted by Crippen LogP contribution is 2.39. The second kappa shape index (κ2) is 12.6. The van der Waals surface area contributed by atoms with Crippen molar-refractivity contribution in [2.24, 2.45) is 0 Å². The molecular weight excluding hydrogens is 568 g/mol. The van der Waals surface area contributed by atoms with Gasteiger partial charge in [-0.3, -0.25) is 4.90 Å². The van der Waals surface area contributed by atoms with Gasteiger partial charge in [0.05, 0.1) is 37.3 Å². The minimum atomic E-state index is -0.248. The average molecular weight is 609 g/mol. The van der Waals surface area contributed by atoms with Crippen molar-refractivity contribution >= 4 is 40.7 Å². The van der Waals surface area contributed by atoms with Gasteiger partial charge in [0, 0.05) is 49.7 Å². The molecule has 2 aliphatic rings. The first-order valence-electron chi connectivity index (χ1n) is 15.3. The Morgan fingerprint density at radius 3 is 2.36 bits per heavy atom. The topological polar surface area (TPSA) is 99.2 Å². The normalized spacial score (nSPS) is 15.4. The van der Waals surface area contributed by atoms with Crippen LogP contribution in [0, 0.1) is 13.8 Å². The van der Waals surface area contributed by atoms with E-state index in [-0.39, 0.29) is 12.1 Å². The Hall–Kier alpha value is -4.90. The van der Waals surface area contributed by atoms with Gasteiger partial charge in [-0.15, -0.1) is 0 Å². The predicted molar refractivity (Wildman–Crippen MR) is 178 cm³/mol. The van der Waals surface area contributed by atoms with Crippen LogP contribution >= 0.6 is 0 Å². The van der Waals surface area contributed by atoms with E-state index < -0.39 is 0 Å². The number of nitrogens with one attached hydrogen (secondary N) is 1. The first-order valence-corrected chi connectivity index (χ1v) is 15.3. The number of carbonyl (C=O) groups excluding carboxylic acids is 1. The number of hydrogen-bond acceptors (Lipinski definition) is 9. The van der Waals surface area contributed by atoms with Crippen molar-refractivity contribution < 1.29 is 14.3 Å². The van der Waals surface area contributed by atoms with E-state index in [1.165, 1.54) is 0 Å². The van der Waals surface area contributed by atoms with Crippen LogP contribution in [0.25, 0.3) is 0 Å². The van der Waals surface area contributed by atoms with Crippen LogP contribution in [-0.2, 0) is 6.54 Å². The van der Waals surface area contributed by atoms with Crippen molar-refractivity contribution in [1.29, 1.82) is 0 Å². The van der Waals surface area contributed by atoms with Gasteiger partial charge in [-0.25, -0.2) is 19.7 Å². The molecule has 0 aliphatic carbocycles. The lowest BCUT2D eigenvalue weighted by Crippen LogP contribution is -2.46. The molecule has 234 valence electrons. The second-order valence-electron chi connectivity index (χ2n) is 11.8. The van der Waals surface area contributed by atoms with Gasteiger partial charge in [-0.05, 0) is 70.1 Å². The van der Waals surface area contributed by atoms with E-state index in [0.29, 0.717) is 35.6 Å². The number of methoxy groups -OCH3 is 1. The number of rotatable bonds is 8. The highest BCUT2D eigenvalue weighted by Gasteiger charge is 2.36. The third kappa shape index (κ3) is 6.21. The molecular formula is C34H40N8O3. The molecule has 1 fully saturated rings. The Morgan fingerprint density at radius 2 is 1.69 bits per heavy atom. The highest BCUT2D eigenvalue weighted by molar-refractivity contribution is 6.10. The van der Waals surface area contributed by atoms with Gasteiger partial charge in [0.1, 0.15) is 17.3 Å². The number of aromatic nitrogens is 3. The lowest BCUT2D eigenvalue weighted by Gasteiger charge is -2.36. The van der Waals surface area contributed by atoms with Crippen molar-refractivity contribution in [3.05, 3.63) is 77.6 Å². The first kappa shape index (κ1) is 30.1. The van der Waals surface area contributed by atoms with Gasteiger partial charge in [0.25, 0.3) is 0 Å². The minimum Gasteiger partial charge on any atom is -0.495 e. The average Bonchev–Trinajstić information content (AvgIpc) is 3.02. The molecule has 0 bridgehead atoms. The predicted octanol–water partition coefficient (Wildman–Crippen LogP) is 6.06. The molecule has 4 aromatic rings. The van der Waals surface area contributed by atoms with Crippen molar-refractivity contribution in [2.45, 2.75) is 40.3 Å². The van der Waals surface area contributed by atoms with E-state index in [2.05, 4.69) is 44.3 Å². The zero-order valence-corrected chi connectivity index (χ0v) is 26.7. The van der Waals surface area contributed by atoms with Crippen LogP contribution in [0.5, 0.6) is 11.5 Å². The van der Waals surface area contributed by atoms with Crippen LogP contribution in [-0.4, -0.2) is 72.3 Å². The number of urea groups is 1. The lowest BCUT2D eigenvalue weighted by atomic mass is 10.1. The summed E-state index contributed by atoms with van der Waals surface area (Å²) in [6.07, 6.45) is 3.34. The Balaban J connectivity index is 1.37. The number of para-hydroxylation sites is 1. The molecule has 0 saturated carbocycles. The number of nitrogens with zero attached hydrogens (tertiary/aromatic N) is 7. The largest absolute Gasteiger partial charge is 0.495 e. The molecule has 0 unspecified atom stereocenters. The number of likely N-dealkylation sites (N-methyl/N-ethyl adjacent to an activating group) is 1. The fourth-order valence-electron chi connectivity index (χ4n) is 5.80. The Kier molecular flexibility index (Phi) is 8.44. The number of pyridine rings is 1. The summed E-state index contributed by atoms with van der Waals surface area (Å²) < 4.78 is 11.6. The maximum Gasteiger partial charge on any atom is 0.336 e. The third-order valence-corrected chi connectivity index (χ3v) is 8.14. The van der Waals surface area contributed by atoms with Crippen LogP contribution in [0.4, 0.5) is 39.4 Å². The first-order chi connectivity index (χ1) is 21.7. The van der Waals surface area contributed by atoms with E-state index in [1.54, 1.807) is 41.4 Å². The van der Waals surface area contributed by atoms with Crippen molar-refractivity contribution in [1.82, 2.24) is 19.9 Å². The summed E-state index contributed by atoms with van der Waals surface area (Å²) in [4.78, 5) is 36.4. The summed E-state index contributed by atoms with van der Waals surface area (Å²) >= 11 is 0. The van der Waals surface area contributed by atoms with Gasteiger partial charge in [0.2, 0.25) is 5.95 Å². The van der Waals surface area contributed by atoms with Gasteiger partial charge in [-0.2, -0.15) is 4.98 Å². The quantitative estimate of drug-likeness (QED) is 0.256. The summed E-state index contributed by atoms with van der Waals surface area (Å²) in [5.41, 5.74) is 5.53. The molecule has 45 heavy (non-hydrogen) atoms. The summed E-state index contributed by atoms with van der Waals surface area (Å²) in [6, 6.07) is 15.5. The molecule has 0 atom stereocenters. The lowest BCUT2D eigenvalue weighted by molar-refractivity contribution is 0.243. The standard InChI is InChI=1S/C34H40N8O3/c1-22(2)45-29-18-26(40-16-14-39(5)15-17-40)10-12-28(29)37-33-36-19-25-21-41(31-23(3)8-7-9-24(31)4)34(43)42(32(25)38-33)30-13-11-27(44-6)20-35-30/h7-13,18-20,22H,14-17,21H2,1-6H3,(H,36,37,38). The fourth-order valence-corrected chi connectivity index (χ4v) is 5.80. The number of ether oxygens (including phenoxy) is 2. The molecule has 2 aromatic carbocycles. The van der Waals surface area contributed by atoms with E-state index in [9.17, 15) is 4.79 Å². The number of anilines is 6. The zero-order chi connectivity index (χ0) is 31.7. The summed E-state index contributed by atoms with van der Waals surface area (Å²) in [5.74, 6) is 2.56. The molecule has 2 aliphatic heterocycles.